The standard InChI is InChI=1S/C8H12/c1-3-7-5-8(7)4-6(8)2/h3,6H,4-5H2,1-2H3. The maximum Gasteiger partial charge on any atom is -0.00218 e. The van der Waals surface area contributed by atoms with Gasteiger partial charge in [-0.2, -0.15) is 0 Å². The number of rotatable bonds is 0. The van der Waals surface area contributed by atoms with Crippen molar-refractivity contribution in [3.8, 4) is 0 Å². The van der Waals surface area contributed by atoms with Crippen LogP contribution >= 0.6 is 0 Å². The monoisotopic (exact) mass is 108 g/mol. The van der Waals surface area contributed by atoms with Gasteiger partial charge in [0.25, 0.3) is 0 Å². The van der Waals surface area contributed by atoms with Crippen molar-refractivity contribution >= 4 is 0 Å². The van der Waals surface area contributed by atoms with Gasteiger partial charge in [0.2, 0.25) is 0 Å². The van der Waals surface area contributed by atoms with Crippen molar-refractivity contribution in [1.82, 2.24) is 0 Å². The van der Waals surface area contributed by atoms with Crippen molar-refractivity contribution in [2.75, 3.05) is 0 Å². The summed E-state index contributed by atoms with van der Waals surface area (Å²) >= 11 is 0. The van der Waals surface area contributed by atoms with E-state index in [2.05, 4.69) is 19.9 Å². The van der Waals surface area contributed by atoms with E-state index in [1.54, 1.807) is 5.57 Å². The highest BCUT2D eigenvalue weighted by molar-refractivity contribution is 5.40. The Kier molecular flexibility index (Phi) is 0.588. The van der Waals surface area contributed by atoms with Crippen molar-refractivity contribution < 1.29 is 0 Å². The van der Waals surface area contributed by atoms with Gasteiger partial charge in [-0.05, 0) is 31.1 Å². The third-order valence-corrected chi connectivity index (χ3v) is 2.82. The molecule has 0 aromatic carbocycles. The van der Waals surface area contributed by atoms with Crippen molar-refractivity contribution in [3.05, 3.63) is 11.6 Å². The highest BCUT2D eigenvalue weighted by Gasteiger charge is 2.63. The maximum atomic E-state index is 2.36. The molecule has 0 heterocycles. The van der Waals surface area contributed by atoms with Crippen LogP contribution in [0.4, 0.5) is 0 Å². The van der Waals surface area contributed by atoms with Crippen molar-refractivity contribution in [2.45, 2.75) is 26.7 Å². The molecule has 0 heteroatoms. The van der Waals surface area contributed by atoms with Crippen molar-refractivity contribution in [1.29, 1.82) is 0 Å². The largest absolute Gasteiger partial charge is 0.0878 e. The Labute approximate surface area is 50.6 Å². The highest BCUT2D eigenvalue weighted by Crippen LogP contribution is 2.74. The Balaban J connectivity index is 2.17. The number of allylic oxidation sites excluding steroid dienone is 2. The Bertz CT molecular complexity index is 155. The molecule has 2 aliphatic carbocycles. The van der Waals surface area contributed by atoms with Gasteiger partial charge in [-0.1, -0.05) is 18.6 Å². The quantitative estimate of drug-likeness (QED) is 0.418. The first-order chi connectivity index (χ1) is 3.79. The predicted molar refractivity (Wildman–Crippen MR) is 34.6 cm³/mol. The molecule has 0 radical (unpaired) electrons. The highest BCUT2D eigenvalue weighted by atomic mass is 14.7. The van der Waals surface area contributed by atoms with Gasteiger partial charge >= 0.3 is 0 Å². The van der Waals surface area contributed by atoms with E-state index >= 15 is 0 Å². The Morgan fingerprint density at radius 2 is 2.38 bits per heavy atom. The fourth-order valence-corrected chi connectivity index (χ4v) is 1.87. The van der Waals surface area contributed by atoms with Crippen LogP contribution in [0, 0.1) is 11.3 Å². The molecular weight excluding hydrogens is 96.1 g/mol. The summed E-state index contributed by atoms with van der Waals surface area (Å²) in [6, 6.07) is 0. The van der Waals surface area contributed by atoms with Crippen LogP contribution in [0.15, 0.2) is 11.6 Å². The van der Waals surface area contributed by atoms with E-state index in [-0.39, 0.29) is 0 Å². The lowest BCUT2D eigenvalue weighted by Crippen LogP contribution is -1.68. The van der Waals surface area contributed by atoms with Gasteiger partial charge in [0.15, 0.2) is 0 Å². The van der Waals surface area contributed by atoms with E-state index in [4.69, 9.17) is 0 Å². The average molecular weight is 108 g/mol. The van der Waals surface area contributed by atoms with Crippen LogP contribution in [-0.2, 0) is 0 Å². The summed E-state index contributed by atoms with van der Waals surface area (Å²) in [4.78, 5) is 0. The number of hydrogen-bond acceptors (Lipinski definition) is 0. The van der Waals surface area contributed by atoms with Crippen molar-refractivity contribution in [3.63, 3.8) is 0 Å². The maximum absolute atomic E-state index is 2.36. The van der Waals surface area contributed by atoms with E-state index in [0.29, 0.717) is 0 Å². The molecule has 2 unspecified atom stereocenters. The van der Waals surface area contributed by atoms with Gasteiger partial charge in [0.05, 0.1) is 0 Å². The van der Waals surface area contributed by atoms with E-state index in [9.17, 15) is 0 Å². The van der Waals surface area contributed by atoms with Crippen LogP contribution in [0.3, 0.4) is 0 Å². The minimum atomic E-state index is 0.786. The lowest BCUT2D eigenvalue weighted by Gasteiger charge is -1.75. The molecule has 0 aromatic heterocycles. The SMILES string of the molecule is CC=C1CC12CC2C. The summed E-state index contributed by atoms with van der Waals surface area (Å²) < 4.78 is 0. The molecule has 0 aromatic rings. The van der Waals surface area contributed by atoms with Gasteiger partial charge in [-0.25, -0.2) is 0 Å². The minimum absolute atomic E-state index is 0.786. The zero-order chi connectivity index (χ0) is 5.78. The molecule has 1 spiro atoms. The Hall–Kier alpha value is -0.260. The topological polar surface area (TPSA) is 0 Å². The summed E-state index contributed by atoms with van der Waals surface area (Å²) in [6.45, 7) is 4.52. The van der Waals surface area contributed by atoms with E-state index in [1.807, 2.05) is 0 Å². The first-order valence-corrected chi connectivity index (χ1v) is 3.45. The van der Waals surface area contributed by atoms with E-state index in [1.165, 1.54) is 12.8 Å². The van der Waals surface area contributed by atoms with E-state index in [0.717, 1.165) is 11.3 Å². The van der Waals surface area contributed by atoms with Gasteiger partial charge in [-0.3, -0.25) is 0 Å². The lowest BCUT2D eigenvalue weighted by atomic mass is 10.3. The third kappa shape index (κ3) is 0.331. The Morgan fingerprint density at radius 1 is 1.75 bits per heavy atom. The molecule has 0 nitrogen and oxygen atoms in total. The summed E-state index contributed by atoms with van der Waals surface area (Å²) in [5, 5.41) is 0. The molecule has 44 valence electrons. The smallest absolute Gasteiger partial charge is 0.00218 e. The molecule has 0 bridgehead atoms. The van der Waals surface area contributed by atoms with E-state index < -0.39 is 0 Å². The molecule has 2 fully saturated rings. The molecule has 2 atom stereocenters. The van der Waals surface area contributed by atoms with Crippen molar-refractivity contribution in [2.24, 2.45) is 11.3 Å². The van der Waals surface area contributed by atoms with Crippen LogP contribution in [0.1, 0.15) is 26.7 Å². The molecule has 0 N–H and O–H groups in total. The second-order valence-corrected chi connectivity index (χ2v) is 3.25. The molecule has 2 saturated carbocycles. The molecule has 0 amide bonds. The first kappa shape index (κ1) is 4.60. The molecule has 2 aliphatic rings. The third-order valence-electron chi connectivity index (χ3n) is 2.82. The average Bonchev–Trinajstić information content (AvgIpc) is 2.55. The molecule has 8 heavy (non-hydrogen) atoms. The van der Waals surface area contributed by atoms with Gasteiger partial charge in [-0.15, -0.1) is 0 Å². The fraction of sp³-hybridized carbons (Fsp3) is 0.750. The molecule has 0 aliphatic heterocycles. The molecule has 2 rings (SSSR count). The van der Waals surface area contributed by atoms with Crippen LogP contribution < -0.4 is 0 Å². The van der Waals surface area contributed by atoms with Gasteiger partial charge < -0.3 is 0 Å². The summed E-state index contributed by atoms with van der Waals surface area (Å²) in [5.74, 6) is 1.02. The normalized spacial score (nSPS) is 55.2. The molecular formula is C8H12. The van der Waals surface area contributed by atoms with Crippen LogP contribution in [0.2, 0.25) is 0 Å². The number of hydrogen-bond donors (Lipinski definition) is 0. The second kappa shape index (κ2) is 1.02. The minimum Gasteiger partial charge on any atom is -0.0878 e. The predicted octanol–water partition coefficient (Wildman–Crippen LogP) is 2.36. The summed E-state index contributed by atoms with van der Waals surface area (Å²) in [7, 11) is 0. The molecule has 0 saturated heterocycles. The summed E-state index contributed by atoms with van der Waals surface area (Å²) in [5.41, 5.74) is 2.51. The van der Waals surface area contributed by atoms with Gasteiger partial charge in [0, 0.05) is 0 Å². The second-order valence-electron chi connectivity index (χ2n) is 3.25. The fourth-order valence-electron chi connectivity index (χ4n) is 1.87. The Morgan fingerprint density at radius 3 is 2.50 bits per heavy atom. The zero-order valence-corrected chi connectivity index (χ0v) is 5.57. The zero-order valence-electron chi connectivity index (χ0n) is 5.57. The van der Waals surface area contributed by atoms with Crippen LogP contribution in [0.5, 0.6) is 0 Å². The lowest BCUT2D eigenvalue weighted by molar-refractivity contribution is 0.799. The van der Waals surface area contributed by atoms with Crippen LogP contribution in [0.25, 0.3) is 0 Å². The van der Waals surface area contributed by atoms with Crippen LogP contribution in [-0.4, -0.2) is 0 Å². The first-order valence-electron chi connectivity index (χ1n) is 3.45. The summed E-state index contributed by atoms with van der Waals surface area (Å²) in [6.07, 6.45) is 5.20. The van der Waals surface area contributed by atoms with Gasteiger partial charge in [0.1, 0.15) is 0 Å².